The highest BCUT2D eigenvalue weighted by Crippen LogP contribution is 2.30. The zero-order valence-electron chi connectivity index (χ0n) is 16.6. The van der Waals surface area contributed by atoms with Gasteiger partial charge in [-0.15, -0.1) is 11.3 Å². The van der Waals surface area contributed by atoms with Gasteiger partial charge in [-0.1, -0.05) is 25.1 Å². The number of hydrogen-bond donors (Lipinski definition) is 1. The summed E-state index contributed by atoms with van der Waals surface area (Å²) in [5, 5.41) is 13.6. The normalized spacial score (nSPS) is 15.6. The summed E-state index contributed by atoms with van der Waals surface area (Å²) in [6.07, 6.45) is 5.20. The number of nitriles is 1. The number of aromatic nitrogens is 2. The largest absolute Gasteiger partial charge is 0.337 e. The summed E-state index contributed by atoms with van der Waals surface area (Å²) in [6, 6.07) is 2.28. The summed E-state index contributed by atoms with van der Waals surface area (Å²) in [5.74, 6) is -0.0278. The highest BCUT2D eigenvalue weighted by Gasteiger charge is 2.35. The molecular formula is C20H26N4O2S2. The van der Waals surface area contributed by atoms with Crippen LogP contribution in [0.1, 0.15) is 55.9 Å². The molecule has 1 N–H and O–H groups in total. The van der Waals surface area contributed by atoms with Crippen LogP contribution in [-0.4, -0.2) is 26.8 Å². The molecule has 0 unspecified atom stereocenters. The van der Waals surface area contributed by atoms with E-state index in [0.29, 0.717) is 29.9 Å². The van der Waals surface area contributed by atoms with Gasteiger partial charge >= 0.3 is 0 Å². The molecule has 0 bridgehead atoms. The van der Waals surface area contributed by atoms with Gasteiger partial charge in [0.2, 0.25) is 5.91 Å². The van der Waals surface area contributed by atoms with E-state index in [1.807, 2.05) is 13.8 Å². The Bertz CT molecular complexity index is 981. The van der Waals surface area contributed by atoms with Crippen molar-refractivity contribution in [3.05, 3.63) is 20.8 Å². The minimum absolute atomic E-state index is 0.0208. The fraction of sp³-hybridized carbons (Fsp3) is 0.600. The number of nitrogens with zero attached hydrogens (tertiary/aromatic N) is 3. The molecule has 2 heterocycles. The predicted octanol–water partition coefficient (Wildman–Crippen LogP) is 3.92. The lowest BCUT2D eigenvalue weighted by molar-refractivity contribution is -0.119. The van der Waals surface area contributed by atoms with Crippen LogP contribution in [0, 0.1) is 25.2 Å². The van der Waals surface area contributed by atoms with Crippen LogP contribution in [0.2, 0.25) is 0 Å². The Hall–Kier alpha value is -1.85. The van der Waals surface area contributed by atoms with Gasteiger partial charge in [0.05, 0.1) is 17.2 Å². The van der Waals surface area contributed by atoms with E-state index in [1.54, 1.807) is 4.57 Å². The summed E-state index contributed by atoms with van der Waals surface area (Å²) in [7, 11) is 0. The number of amides is 1. The first-order chi connectivity index (χ1) is 13.4. The maximum absolute atomic E-state index is 13.1. The van der Waals surface area contributed by atoms with Crippen molar-refractivity contribution in [2.75, 3.05) is 5.75 Å². The number of nitrogens with one attached hydrogen (secondary N) is 1. The summed E-state index contributed by atoms with van der Waals surface area (Å²) in [6.45, 7) is 6.64. The van der Waals surface area contributed by atoms with E-state index in [4.69, 9.17) is 4.98 Å². The molecule has 2 aromatic rings. The lowest BCUT2D eigenvalue weighted by Crippen LogP contribution is -2.45. The minimum Gasteiger partial charge on any atom is -0.337 e. The molecule has 2 aromatic heterocycles. The third-order valence-electron chi connectivity index (χ3n) is 5.37. The van der Waals surface area contributed by atoms with Crippen LogP contribution in [0.3, 0.4) is 0 Å². The highest BCUT2D eigenvalue weighted by molar-refractivity contribution is 7.99. The maximum atomic E-state index is 13.1. The van der Waals surface area contributed by atoms with Crippen molar-refractivity contribution >= 4 is 39.2 Å². The second kappa shape index (κ2) is 8.66. The quantitative estimate of drug-likeness (QED) is 0.544. The van der Waals surface area contributed by atoms with Gasteiger partial charge in [0.15, 0.2) is 5.16 Å². The van der Waals surface area contributed by atoms with E-state index in [0.717, 1.165) is 41.0 Å². The van der Waals surface area contributed by atoms with Crippen LogP contribution in [0.4, 0.5) is 0 Å². The van der Waals surface area contributed by atoms with Gasteiger partial charge in [-0.2, -0.15) is 5.26 Å². The van der Waals surface area contributed by atoms with Crippen LogP contribution >= 0.6 is 23.1 Å². The second-order valence-corrected chi connectivity index (χ2v) is 9.55. The maximum Gasteiger partial charge on any atom is 0.263 e. The van der Waals surface area contributed by atoms with Crippen molar-refractivity contribution in [3.63, 3.8) is 0 Å². The topological polar surface area (TPSA) is 87.8 Å². The lowest BCUT2D eigenvalue weighted by Gasteiger charge is -2.21. The van der Waals surface area contributed by atoms with Gasteiger partial charge in [-0.05, 0) is 51.5 Å². The monoisotopic (exact) mass is 418 g/mol. The van der Waals surface area contributed by atoms with E-state index in [9.17, 15) is 14.9 Å². The molecule has 8 heteroatoms. The molecule has 0 spiro atoms. The third kappa shape index (κ3) is 4.11. The first kappa shape index (κ1) is 20.9. The predicted molar refractivity (Wildman–Crippen MR) is 114 cm³/mol. The van der Waals surface area contributed by atoms with Crippen molar-refractivity contribution in [2.45, 2.75) is 76.5 Å². The molecule has 28 heavy (non-hydrogen) atoms. The van der Waals surface area contributed by atoms with E-state index < -0.39 is 5.54 Å². The smallest absolute Gasteiger partial charge is 0.263 e. The number of thioether (sulfide) groups is 1. The molecule has 1 aliphatic rings. The molecule has 1 aliphatic carbocycles. The minimum atomic E-state index is -0.723. The number of aryl methyl sites for hydroxylation is 2. The molecule has 0 radical (unpaired) electrons. The molecule has 1 fully saturated rings. The van der Waals surface area contributed by atoms with Gasteiger partial charge in [0.25, 0.3) is 5.56 Å². The number of rotatable bonds is 7. The Labute approximate surface area is 173 Å². The first-order valence-electron chi connectivity index (χ1n) is 9.76. The SMILES string of the molecule is CCCCn1c(SCC(=O)NC2(C#N)CCCC2)nc2sc(C)c(C)c2c1=O. The molecule has 0 atom stereocenters. The summed E-state index contributed by atoms with van der Waals surface area (Å²) in [5.41, 5.74) is 0.250. The fourth-order valence-electron chi connectivity index (χ4n) is 3.61. The van der Waals surface area contributed by atoms with Gasteiger partial charge in [0.1, 0.15) is 10.4 Å². The molecule has 0 aromatic carbocycles. The Morgan fingerprint density at radius 1 is 1.39 bits per heavy atom. The zero-order chi connectivity index (χ0) is 20.3. The van der Waals surface area contributed by atoms with Crippen LogP contribution < -0.4 is 10.9 Å². The van der Waals surface area contributed by atoms with Crippen LogP contribution in [-0.2, 0) is 11.3 Å². The van der Waals surface area contributed by atoms with Crippen molar-refractivity contribution in [3.8, 4) is 6.07 Å². The Balaban J connectivity index is 1.84. The number of thiophene rings is 1. The van der Waals surface area contributed by atoms with E-state index in [1.165, 1.54) is 23.1 Å². The van der Waals surface area contributed by atoms with Gasteiger partial charge in [0, 0.05) is 11.4 Å². The molecule has 150 valence electrons. The van der Waals surface area contributed by atoms with E-state index in [2.05, 4.69) is 18.3 Å². The van der Waals surface area contributed by atoms with E-state index in [-0.39, 0.29) is 17.2 Å². The summed E-state index contributed by atoms with van der Waals surface area (Å²) >= 11 is 2.80. The molecule has 0 aliphatic heterocycles. The van der Waals surface area contributed by atoms with Crippen LogP contribution in [0.5, 0.6) is 0 Å². The standard InChI is InChI=1S/C20H26N4O2S2/c1-4-5-10-24-18(26)16-13(2)14(3)28-17(16)22-19(24)27-11-15(25)23-20(12-21)8-6-7-9-20/h4-11H2,1-3H3,(H,23,25). The van der Waals surface area contributed by atoms with Crippen molar-refractivity contribution < 1.29 is 4.79 Å². The number of carbonyl (C=O) groups excluding carboxylic acids is 1. The van der Waals surface area contributed by atoms with Gasteiger partial charge in [-0.25, -0.2) is 4.98 Å². The third-order valence-corrected chi connectivity index (χ3v) is 7.45. The number of hydrogen-bond acceptors (Lipinski definition) is 6. The Morgan fingerprint density at radius 3 is 2.75 bits per heavy atom. The van der Waals surface area contributed by atoms with Crippen LogP contribution in [0.25, 0.3) is 10.2 Å². The van der Waals surface area contributed by atoms with Gasteiger partial charge in [-0.3, -0.25) is 14.2 Å². The zero-order valence-corrected chi connectivity index (χ0v) is 18.3. The first-order valence-corrected chi connectivity index (χ1v) is 11.6. The average molecular weight is 419 g/mol. The fourth-order valence-corrected chi connectivity index (χ4v) is 5.50. The summed E-state index contributed by atoms with van der Waals surface area (Å²) in [4.78, 5) is 32.1. The van der Waals surface area contributed by atoms with Crippen molar-refractivity contribution in [1.82, 2.24) is 14.9 Å². The van der Waals surface area contributed by atoms with Crippen molar-refractivity contribution in [1.29, 1.82) is 5.26 Å². The average Bonchev–Trinajstić information content (AvgIpc) is 3.24. The molecule has 0 saturated heterocycles. The molecule has 3 rings (SSSR count). The van der Waals surface area contributed by atoms with E-state index >= 15 is 0 Å². The molecular weight excluding hydrogens is 392 g/mol. The number of unbranched alkanes of at least 4 members (excludes halogenated alkanes) is 1. The second-order valence-electron chi connectivity index (χ2n) is 7.41. The summed E-state index contributed by atoms with van der Waals surface area (Å²) < 4.78 is 1.71. The molecule has 6 nitrogen and oxygen atoms in total. The molecule has 1 amide bonds. The molecule has 1 saturated carbocycles. The lowest BCUT2D eigenvalue weighted by atomic mass is 10.0. The van der Waals surface area contributed by atoms with Gasteiger partial charge < -0.3 is 5.32 Å². The van der Waals surface area contributed by atoms with Crippen LogP contribution in [0.15, 0.2) is 9.95 Å². The highest BCUT2D eigenvalue weighted by atomic mass is 32.2. The number of carbonyl (C=O) groups is 1. The van der Waals surface area contributed by atoms with Crippen molar-refractivity contribution in [2.24, 2.45) is 0 Å². The number of fused-ring (bicyclic) bond motifs is 1. The Kier molecular flexibility index (Phi) is 6.46. The Morgan fingerprint density at radius 2 is 2.11 bits per heavy atom.